The molecule has 3 nitrogen and oxygen atoms in total. The number of rotatable bonds is 2. The van der Waals surface area contributed by atoms with E-state index in [0.717, 1.165) is 23.5 Å². The van der Waals surface area contributed by atoms with Crippen LogP contribution in [0, 0.1) is 0 Å². The molecule has 3 heteroatoms. The van der Waals surface area contributed by atoms with Crippen molar-refractivity contribution in [3.05, 3.63) is 35.5 Å². The number of aldehydes is 2. The van der Waals surface area contributed by atoms with Crippen LogP contribution in [0.2, 0.25) is 0 Å². The topological polar surface area (TPSA) is 39.1 Å². The molecule has 0 spiro atoms. The van der Waals surface area contributed by atoms with Gasteiger partial charge in [0, 0.05) is 29.8 Å². The van der Waals surface area contributed by atoms with Crippen molar-refractivity contribution in [3.8, 4) is 0 Å². The normalized spacial score (nSPS) is 10.4. The van der Waals surface area contributed by atoms with Gasteiger partial charge in [0.05, 0.1) is 5.52 Å². The van der Waals surface area contributed by atoms with Crippen molar-refractivity contribution < 1.29 is 9.59 Å². The second-order valence-electron chi connectivity index (χ2n) is 3.17. The molecule has 14 heavy (non-hydrogen) atoms. The molecule has 70 valence electrons. The highest BCUT2D eigenvalue weighted by Crippen LogP contribution is 2.21. The van der Waals surface area contributed by atoms with Gasteiger partial charge in [-0.05, 0) is 6.07 Å². The second-order valence-corrected chi connectivity index (χ2v) is 3.17. The summed E-state index contributed by atoms with van der Waals surface area (Å²) in [6.45, 7) is 0. The third-order valence-electron chi connectivity index (χ3n) is 2.32. The summed E-state index contributed by atoms with van der Waals surface area (Å²) < 4.78 is 1.79. The number of nitrogens with zero attached hydrogens (tertiary/aromatic N) is 1. The fourth-order valence-electron chi connectivity index (χ4n) is 1.72. The number of hydrogen-bond donors (Lipinski definition) is 0. The van der Waals surface area contributed by atoms with Crippen molar-refractivity contribution in [2.45, 2.75) is 0 Å². The Morgan fingerprint density at radius 3 is 2.50 bits per heavy atom. The Morgan fingerprint density at radius 2 is 1.86 bits per heavy atom. The number of aromatic nitrogens is 1. The standard InChI is InChI=1S/C11H9NO2/c1-12-5-9(7-14)10-4-2-3-8(6-13)11(10)12/h2-7H,1H3. The molecule has 0 bridgehead atoms. The van der Waals surface area contributed by atoms with Gasteiger partial charge in [-0.1, -0.05) is 12.1 Å². The minimum Gasteiger partial charge on any atom is -0.349 e. The Kier molecular flexibility index (Phi) is 1.93. The van der Waals surface area contributed by atoms with E-state index < -0.39 is 0 Å². The van der Waals surface area contributed by atoms with Gasteiger partial charge < -0.3 is 4.57 Å². The lowest BCUT2D eigenvalue weighted by Crippen LogP contribution is -1.89. The quantitative estimate of drug-likeness (QED) is 0.672. The maximum absolute atomic E-state index is 10.8. The number of fused-ring (bicyclic) bond motifs is 1. The lowest BCUT2D eigenvalue weighted by molar-refractivity contribution is 0.111. The van der Waals surface area contributed by atoms with E-state index in [9.17, 15) is 9.59 Å². The van der Waals surface area contributed by atoms with Gasteiger partial charge in [0.1, 0.15) is 0 Å². The third-order valence-corrected chi connectivity index (χ3v) is 2.32. The van der Waals surface area contributed by atoms with Crippen LogP contribution in [-0.2, 0) is 7.05 Å². The predicted molar refractivity (Wildman–Crippen MR) is 53.7 cm³/mol. The van der Waals surface area contributed by atoms with Gasteiger partial charge in [0.25, 0.3) is 0 Å². The van der Waals surface area contributed by atoms with E-state index in [1.165, 1.54) is 0 Å². The molecule has 0 N–H and O–H groups in total. The molecule has 0 unspecified atom stereocenters. The van der Waals surface area contributed by atoms with Crippen LogP contribution in [0.25, 0.3) is 10.9 Å². The predicted octanol–water partition coefficient (Wildman–Crippen LogP) is 1.80. The van der Waals surface area contributed by atoms with Gasteiger partial charge in [-0.25, -0.2) is 0 Å². The number of para-hydroxylation sites is 1. The summed E-state index contributed by atoms with van der Waals surface area (Å²) in [4.78, 5) is 21.5. The first-order valence-corrected chi connectivity index (χ1v) is 4.26. The number of hydrogen-bond acceptors (Lipinski definition) is 2. The fraction of sp³-hybridized carbons (Fsp3) is 0.0909. The van der Waals surface area contributed by atoms with Crippen molar-refractivity contribution in [2.75, 3.05) is 0 Å². The van der Waals surface area contributed by atoms with Crippen LogP contribution < -0.4 is 0 Å². The van der Waals surface area contributed by atoms with Crippen LogP contribution in [0.4, 0.5) is 0 Å². The summed E-state index contributed by atoms with van der Waals surface area (Å²) in [5.41, 5.74) is 2.04. The van der Waals surface area contributed by atoms with E-state index in [2.05, 4.69) is 0 Å². The number of carbonyl (C=O) groups is 2. The van der Waals surface area contributed by atoms with Gasteiger partial charge >= 0.3 is 0 Å². The monoisotopic (exact) mass is 187 g/mol. The van der Waals surface area contributed by atoms with Crippen molar-refractivity contribution in [1.29, 1.82) is 0 Å². The summed E-state index contributed by atoms with van der Waals surface area (Å²) in [5, 5.41) is 0.826. The SMILES string of the molecule is Cn1cc(C=O)c2cccc(C=O)c21. The van der Waals surface area contributed by atoms with Gasteiger partial charge in [0.2, 0.25) is 0 Å². The minimum absolute atomic E-state index is 0.609. The van der Waals surface area contributed by atoms with Gasteiger partial charge in [0.15, 0.2) is 12.6 Å². The molecule has 0 radical (unpaired) electrons. The average molecular weight is 187 g/mol. The number of aryl methyl sites for hydroxylation is 1. The summed E-state index contributed by atoms with van der Waals surface area (Å²) in [6, 6.07) is 5.36. The van der Waals surface area contributed by atoms with E-state index in [4.69, 9.17) is 0 Å². The summed E-state index contributed by atoms with van der Waals surface area (Å²) >= 11 is 0. The summed E-state index contributed by atoms with van der Waals surface area (Å²) in [5.74, 6) is 0. The molecule has 0 atom stereocenters. The second kappa shape index (κ2) is 3.10. The summed E-state index contributed by atoms with van der Waals surface area (Å²) in [7, 11) is 1.82. The largest absolute Gasteiger partial charge is 0.349 e. The number of carbonyl (C=O) groups excluding carboxylic acids is 2. The molecule has 0 saturated heterocycles. The van der Waals surface area contributed by atoms with Crippen LogP contribution >= 0.6 is 0 Å². The van der Waals surface area contributed by atoms with E-state index in [0.29, 0.717) is 11.1 Å². The molecular weight excluding hydrogens is 178 g/mol. The first-order chi connectivity index (χ1) is 6.77. The molecule has 1 aromatic carbocycles. The van der Waals surface area contributed by atoms with Crippen LogP contribution in [0.15, 0.2) is 24.4 Å². The van der Waals surface area contributed by atoms with E-state index in [-0.39, 0.29) is 0 Å². The highest BCUT2D eigenvalue weighted by molar-refractivity contribution is 6.04. The molecule has 2 rings (SSSR count). The average Bonchev–Trinajstić information content (AvgIpc) is 2.55. The molecule has 0 aliphatic heterocycles. The zero-order valence-electron chi connectivity index (χ0n) is 7.73. The molecule has 1 heterocycles. The Hall–Kier alpha value is -1.90. The van der Waals surface area contributed by atoms with Gasteiger partial charge in [-0.3, -0.25) is 9.59 Å². The fourth-order valence-corrected chi connectivity index (χ4v) is 1.72. The molecule has 0 saturated carbocycles. The van der Waals surface area contributed by atoms with Crippen LogP contribution in [0.5, 0.6) is 0 Å². The summed E-state index contributed by atoms with van der Waals surface area (Å²) in [6.07, 6.45) is 3.33. The minimum atomic E-state index is 0.609. The van der Waals surface area contributed by atoms with Crippen molar-refractivity contribution in [2.24, 2.45) is 7.05 Å². The molecular formula is C11H9NO2. The van der Waals surface area contributed by atoms with E-state index in [1.807, 2.05) is 13.1 Å². The highest BCUT2D eigenvalue weighted by Gasteiger charge is 2.08. The zero-order valence-corrected chi connectivity index (χ0v) is 7.73. The maximum Gasteiger partial charge on any atom is 0.152 e. The molecule has 2 aromatic rings. The van der Waals surface area contributed by atoms with Crippen LogP contribution in [0.3, 0.4) is 0 Å². The Morgan fingerprint density at radius 1 is 1.14 bits per heavy atom. The molecule has 1 aromatic heterocycles. The van der Waals surface area contributed by atoms with E-state index >= 15 is 0 Å². The first-order valence-electron chi connectivity index (χ1n) is 4.26. The molecule has 0 amide bonds. The first kappa shape index (κ1) is 8.69. The zero-order chi connectivity index (χ0) is 10.1. The molecule has 0 aliphatic rings. The smallest absolute Gasteiger partial charge is 0.152 e. The third kappa shape index (κ3) is 1.06. The Bertz CT molecular complexity index is 511. The maximum atomic E-state index is 10.8. The Labute approximate surface area is 81.0 Å². The van der Waals surface area contributed by atoms with Crippen LogP contribution in [-0.4, -0.2) is 17.1 Å². The Balaban J connectivity index is 2.94. The van der Waals surface area contributed by atoms with Crippen molar-refractivity contribution in [3.63, 3.8) is 0 Å². The van der Waals surface area contributed by atoms with Crippen molar-refractivity contribution >= 4 is 23.5 Å². The van der Waals surface area contributed by atoms with Crippen molar-refractivity contribution in [1.82, 2.24) is 4.57 Å². The van der Waals surface area contributed by atoms with Gasteiger partial charge in [-0.2, -0.15) is 0 Å². The van der Waals surface area contributed by atoms with Gasteiger partial charge in [-0.15, -0.1) is 0 Å². The molecule has 0 aliphatic carbocycles. The lowest BCUT2D eigenvalue weighted by atomic mass is 10.1. The highest BCUT2D eigenvalue weighted by atomic mass is 16.1. The van der Waals surface area contributed by atoms with Crippen LogP contribution in [0.1, 0.15) is 20.7 Å². The lowest BCUT2D eigenvalue weighted by Gasteiger charge is -1.98. The number of benzene rings is 1. The molecule has 0 fully saturated rings. The van der Waals surface area contributed by atoms with E-state index in [1.54, 1.807) is 22.9 Å².